The van der Waals surface area contributed by atoms with Gasteiger partial charge in [0, 0.05) is 32.5 Å². The number of fused-ring (bicyclic) bond motifs is 3. The van der Waals surface area contributed by atoms with E-state index >= 15 is 0 Å². The molecule has 2 heterocycles. The fourth-order valence-electron chi connectivity index (χ4n) is 4.68. The molecule has 180 valence electrons. The summed E-state index contributed by atoms with van der Waals surface area (Å²) in [6.45, 7) is 0. The van der Waals surface area contributed by atoms with Gasteiger partial charge in [0.05, 0.1) is 0 Å². The second-order valence-electron chi connectivity index (χ2n) is 9.07. The minimum absolute atomic E-state index is 0.580. The van der Waals surface area contributed by atoms with Crippen molar-refractivity contribution in [2.45, 2.75) is 0 Å². The van der Waals surface area contributed by atoms with Gasteiger partial charge < -0.3 is 4.42 Å². The lowest BCUT2D eigenvalue weighted by Gasteiger charge is -2.08. The lowest BCUT2D eigenvalue weighted by atomic mass is 10.0. The molecular formula is C33H20ClN3O. The maximum atomic E-state index is 6.33. The Morgan fingerprint density at radius 3 is 1.47 bits per heavy atom. The fourth-order valence-corrected chi connectivity index (χ4v) is 4.80. The summed E-state index contributed by atoms with van der Waals surface area (Å²) in [6, 6.07) is 40.2. The van der Waals surface area contributed by atoms with E-state index in [4.69, 9.17) is 31.0 Å². The zero-order valence-corrected chi connectivity index (χ0v) is 20.9. The molecule has 38 heavy (non-hydrogen) atoms. The van der Waals surface area contributed by atoms with Crippen molar-refractivity contribution in [3.8, 4) is 45.3 Å². The standard InChI is InChI=1S/C33H20ClN3O/c34-26-15-11-23(12-16-26)32-35-31(22-9-5-2-6-10-22)36-33(37-32)25-14-18-28-27-17-13-24(21-7-3-1-4-8-21)19-29(27)38-30(28)20-25/h1-20H. The molecule has 0 atom stereocenters. The van der Waals surface area contributed by atoms with Crippen LogP contribution in [-0.4, -0.2) is 15.0 Å². The molecular weight excluding hydrogens is 490 g/mol. The lowest BCUT2D eigenvalue weighted by molar-refractivity contribution is 0.669. The summed E-state index contributed by atoms with van der Waals surface area (Å²) >= 11 is 6.12. The highest BCUT2D eigenvalue weighted by Gasteiger charge is 2.15. The Morgan fingerprint density at radius 1 is 0.421 bits per heavy atom. The third-order valence-electron chi connectivity index (χ3n) is 6.61. The van der Waals surface area contributed by atoms with Crippen LogP contribution in [0.25, 0.3) is 67.2 Å². The van der Waals surface area contributed by atoms with Gasteiger partial charge in [0.2, 0.25) is 0 Å². The van der Waals surface area contributed by atoms with Crippen molar-refractivity contribution < 1.29 is 4.42 Å². The number of furan rings is 1. The summed E-state index contributed by atoms with van der Waals surface area (Å²) < 4.78 is 6.33. The van der Waals surface area contributed by atoms with Gasteiger partial charge in [0.15, 0.2) is 17.5 Å². The van der Waals surface area contributed by atoms with Crippen LogP contribution < -0.4 is 0 Å². The van der Waals surface area contributed by atoms with Crippen molar-refractivity contribution in [2.24, 2.45) is 0 Å². The highest BCUT2D eigenvalue weighted by atomic mass is 35.5. The Kier molecular flexibility index (Phi) is 5.46. The lowest BCUT2D eigenvalue weighted by Crippen LogP contribution is -2.00. The number of hydrogen-bond acceptors (Lipinski definition) is 4. The SMILES string of the molecule is Clc1ccc(-c2nc(-c3ccccc3)nc(-c3ccc4c(c3)oc3cc(-c5ccccc5)ccc34)n2)cc1. The zero-order chi connectivity index (χ0) is 25.5. The van der Waals surface area contributed by atoms with E-state index in [2.05, 4.69) is 36.4 Å². The third-order valence-corrected chi connectivity index (χ3v) is 6.86. The molecule has 7 rings (SSSR count). The van der Waals surface area contributed by atoms with Crippen LogP contribution in [0.4, 0.5) is 0 Å². The third kappa shape index (κ3) is 4.11. The molecule has 7 aromatic rings. The summed E-state index contributed by atoms with van der Waals surface area (Å²) in [4.78, 5) is 14.5. The maximum Gasteiger partial charge on any atom is 0.164 e. The van der Waals surface area contributed by atoms with Gasteiger partial charge in [-0.05, 0) is 59.7 Å². The Labute approximate surface area is 224 Å². The van der Waals surface area contributed by atoms with Crippen LogP contribution in [0, 0.1) is 0 Å². The van der Waals surface area contributed by atoms with Crippen molar-refractivity contribution in [3.63, 3.8) is 0 Å². The first kappa shape index (κ1) is 22.4. The van der Waals surface area contributed by atoms with E-state index < -0.39 is 0 Å². The van der Waals surface area contributed by atoms with Gasteiger partial charge in [-0.15, -0.1) is 0 Å². The van der Waals surface area contributed by atoms with Crippen molar-refractivity contribution >= 4 is 33.5 Å². The van der Waals surface area contributed by atoms with Crippen molar-refractivity contribution in [2.75, 3.05) is 0 Å². The van der Waals surface area contributed by atoms with Crippen LogP contribution in [-0.2, 0) is 0 Å². The molecule has 0 radical (unpaired) electrons. The Bertz CT molecular complexity index is 1910. The Hall–Kier alpha value is -4.80. The van der Waals surface area contributed by atoms with Gasteiger partial charge in [-0.2, -0.15) is 0 Å². The monoisotopic (exact) mass is 509 g/mol. The minimum atomic E-state index is 0.580. The van der Waals surface area contributed by atoms with E-state index in [1.807, 2.05) is 84.9 Å². The number of hydrogen-bond donors (Lipinski definition) is 0. The largest absolute Gasteiger partial charge is 0.456 e. The number of aromatic nitrogens is 3. The number of rotatable bonds is 4. The maximum absolute atomic E-state index is 6.33. The van der Waals surface area contributed by atoms with Crippen LogP contribution in [0.3, 0.4) is 0 Å². The summed E-state index contributed by atoms with van der Waals surface area (Å²) in [5, 5.41) is 2.80. The van der Waals surface area contributed by atoms with Crippen LogP contribution >= 0.6 is 11.6 Å². The molecule has 0 amide bonds. The predicted molar refractivity (Wildman–Crippen MR) is 154 cm³/mol. The van der Waals surface area contributed by atoms with E-state index in [0.29, 0.717) is 22.5 Å². The Morgan fingerprint density at radius 2 is 0.868 bits per heavy atom. The van der Waals surface area contributed by atoms with E-state index in [-0.39, 0.29) is 0 Å². The zero-order valence-electron chi connectivity index (χ0n) is 20.2. The molecule has 0 saturated heterocycles. The van der Waals surface area contributed by atoms with Gasteiger partial charge in [0.1, 0.15) is 11.2 Å². The van der Waals surface area contributed by atoms with E-state index in [9.17, 15) is 0 Å². The highest BCUT2D eigenvalue weighted by molar-refractivity contribution is 6.30. The van der Waals surface area contributed by atoms with Crippen LogP contribution in [0.2, 0.25) is 5.02 Å². The molecule has 5 heteroatoms. The average molecular weight is 510 g/mol. The normalized spacial score (nSPS) is 11.3. The number of benzene rings is 5. The summed E-state index contributed by atoms with van der Waals surface area (Å²) in [5.74, 6) is 1.77. The van der Waals surface area contributed by atoms with Crippen molar-refractivity contribution in [3.05, 3.63) is 126 Å². The fraction of sp³-hybridized carbons (Fsp3) is 0. The van der Waals surface area contributed by atoms with Crippen molar-refractivity contribution in [1.29, 1.82) is 0 Å². The quantitative estimate of drug-likeness (QED) is 0.237. The molecule has 0 aliphatic rings. The molecule has 0 unspecified atom stereocenters. The molecule has 4 nitrogen and oxygen atoms in total. The van der Waals surface area contributed by atoms with E-state index in [0.717, 1.165) is 49.8 Å². The second kappa shape index (κ2) is 9.25. The van der Waals surface area contributed by atoms with Crippen molar-refractivity contribution in [1.82, 2.24) is 15.0 Å². The molecule has 2 aromatic heterocycles. The average Bonchev–Trinajstić information content (AvgIpc) is 3.35. The molecule has 0 aliphatic heterocycles. The molecule has 0 saturated carbocycles. The topological polar surface area (TPSA) is 51.8 Å². The van der Waals surface area contributed by atoms with Gasteiger partial charge in [0.25, 0.3) is 0 Å². The van der Waals surface area contributed by atoms with E-state index in [1.165, 1.54) is 0 Å². The van der Waals surface area contributed by atoms with Crippen LogP contribution in [0.15, 0.2) is 126 Å². The minimum Gasteiger partial charge on any atom is -0.456 e. The number of halogens is 1. The smallest absolute Gasteiger partial charge is 0.164 e. The first-order valence-electron chi connectivity index (χ1n) is 12.3. The van der Waals surface area contributed by atoms with Crippen LogP contribution in [0.5, 0.6) is 0 Å². The molecule has 0 fully saturated rings. The van der Waals surface area contributed by atoms with Crippen LogP contribution in [0.1, 0.15) is 0 Å². The van der Waals surface area contributed by atoms with E-state index in [1.54, 1.807) is 0 Å². The first-order valence-corrected chi connectivity index (χ1v) is 12.7. The molecule has 0 bridgehead atoms. The molecule has 0 aliphatic carbocycles. The highest BCUT2D eigenvalue weighted by Crippen LogP contribution is 2.34. The van der Waals surface area contributed by atoms with Gasteiger partial charge >= 0.3 is 0 Å². The Balaban J connectivity index is 1.36. The van der Waals surface area contributed by atoms with Gasteiger partial charge in [-0.1, -0.05) is 84.4 Å². The van der Waals surface area contributed by atoms with Gasteiger partial charge in [-0.3, -0.25) is 0 Å². The second-order valence-corrected chi connectivity index (χ2v) is 9.51. The molecule has 5 aromatic carbocycles. The number of nitrogens with zero attached hydrogens (tertiary/aromatic N) is 3. The summed E-state index contributed by atoms with van der Waals surface area (Å²) in [6.07, 6.45) is 0. The predicted octanol–water partition coefficient (Wildman–Crippen LogP) is 9.09. The summed E-state index contributed by atoms with van der Waals surface area (Å²) in [7, 11) is 0. The summed E-state index contributed by atoms with van der Waals surface area (Å²) in [5.41, 5.74) is 6.56. The molecule has 0 N–H and O–H groups in total. The molecule has 0 spiro atoms. The van der Waals surface area contributed by atoms with Gasteiger partial charge in [-0.25, -0.2) is 15.0 Å². The first-order chi connectivity index (χ1) is 18.7.